The molecule has 3 aromatic carbocycles. The highest BCUT2D eigenvalue weighted by molar-refractivity contribution is 5.80. The van der Waals surface area contributed by atoms with E-state index in [1.54, 1.807) is 32.4 Å². The molecule has 178 valence electrons. The Kier molecular flexibility index (Phi) is 6.10. The highest BCUT2D eigenvalue weighted by Gasteiger charge is 2.34. The van der Waals surface area contributed by atoms with Gasteiger partial charge < -0.3 is 18.9 Å². The van der Waals surface area contributed by atoms with Crippen LogP contribution in [0.15, 0.2) is 66.7 Å². The second-order valence-corrected chi connectivity index (χ2v) is 8.11. The Labute approximate surface area is 201 Å². The van der Waals surface area contributed by atoms with E-state index in [9.17, 15) is 9.18 Å². The third-order valence-corrected chi connectivity index (χ3v) is 5.95. The van der Waals surface area contributed by atoms with E-state index in [1.165, 1.54) is 12.1 Å². The Balaban J connectivity index is 1.47. The third kappa shape index (κ3) is 4.55. The number of esters is 1. The predicted octanol–water partition coefficient (Wildman–Crippen LogP) is 5.25. The normalized spacial score (nSPS) is 14.7. The minimum atomic E-state index is -0.360. The van der Waals surface area contributed by atoms with Crippen LogP contribution in [0, 0.1) is 5.82 Å². The molecule has 1 atom stereocenters. The molecule has 1 unspecified atom stereocenters. The Morgan fingerprint density at radius 3 is 2.60 bits per heavy atom. The molecule has 8 heteroatoms. The number of rotatable bonds is 7. The lowest BCUT2D eigenvalue weighted by molar-refractivity contribution is -0.135. The molecule has 0 amide bonds. The first kappa shape index (κ1) is 22.5. The average molecular weight is 474 g/mol. The Morgan fingerprint density at radius 2 is 1.86 bits per heavy atom. The summed E-state index contributed by atoms with van der Waals surface area (Å²) in [7, 11) is 3.16. The fourth-order valence-electron chi connectivity index (χ4n) is 4.22. The van der Waals surface area contributed by atoms with Crippen LogP contribution in [0.3, 0.4) is 0 Å². The lowest BCUT2D eigenvalue weighted by Gasteiger charge is -2.23. The number of carbonyl (C=O) groups is 1. The second-order valence-electron chi connectivity index (χ2n) is 8.11. The minimum Gasteiger partial charge on any atom is -0.497 e. The number of nitrogens with zero attached hydrogens (tertiary/aromatic N) is 1. The number of aromatic nitrogens is 2. The lowest BCUT2D eigenvalue weighted by atomic mass is 9.85. The summed E-state index contributed by atoms with van der Waals surface area (Å²) in [5, 5.41) is 7.26. The monoisotopic (exact) mass is 474 g/mol. The summed E-state index contributed by atoms with van der Waals surface area (Å²) in [6.45, 7) is 0.191. The van der Waals surface area contributed by atoms with E-state index in [0.29, 0.717) is 17.1 Å². The summed E-state index contributed by atoms with van der Waals surface area (Å²) in [6.07, 6.45) is 0.155. The summed E-state index contributed by atoms with van der Waals surface area (Å²) in [6, 6.07) is 19.3. The predicted molar refractivity (Wildman–Crippen MR) is 126 cm³/mol. The molecule has 5 rings (SSSR count). The fourth-order valence-corrected chi connectivity index (χ4v) is 4.22. The number of aromatic amines is 1. The van der Waals surface area contributed by atoms with Crippen LogP contribution in [-0.2, 0) is 11.4 Å². The fraction of sp³-hybridized carbons (Fsp3) is 0.185. The molecule has 0 saturated carbocycles. The maximum absolute atomic E-state index is 13.5. The Bertz CT molecular complexity index is 1370. The standard InChI is InChI=1S/C27H23FN2O5/c1-32-20-9-6-17(7-10-20)26-25-21(14-24(31)35-27(25)30-29-26)18-8-11-22(23(13-18)33-2)34-15-16-4-3-5-19(28)12-16/h3-13,21H,14-15H2,1-2H3,(H,29,30). The van der Waals surface area contributed by atoms with Crippen molar-refractivity contribution in [1.29, 1.82) is 0 Å². The largest absolute Gasteiger partial charge is 0.497 e. The van der Waals surface area contributed by atoms with Crippen molar-refractivity contribution in [3.8, 4) is 34.4 Å². The maximum atomic E-state index is 13.5. The van der Waals surface area contributed by atoms with Crippen molar-refractivity contribution in [2.45, 2.75) is 18.9 Å². The van der Waals surface area contributed by atoms with Crippen LogP contribution in [-0.4, -0.2) is 30.4 Å². The van der Waals surface area contributed by atoms with Gasteiger partial charge in [-0.25, -0.2) is 4.39 Å². The van der Waals surface area contributed by atoms with Gasteiger partial charge in [-0.2, -0.15) is 0 Å². The van der Waals surface area contributed by atoms with Crippen LogP contribution >= 0.6 is 0 Å². The molecule has 7 nitrogen and oxygen atoms in total. The van der Waals surface area contributed by atoms with E-state index in [2.05, 4.69) is 10.2 Å². The highest BCUT2D eigenvalue weighted by Crippen LogP contribution is 2.44. The molecule has 4 aromatic rings. The van der Waals surface area contributed by atoms with Gasteiger partial charge in [0.15, 0.2) is 11.5 Å². The van der Waals surface area contributed by atoms with E-state index in [1.807, 2.05) is 36.4 Å². The van der Waals surface area contributed by atoms with Crippen LogP contribution in [0.1, 0.15) is 29.0 Å². The zero-order chi connectivity index (χ0) is 24.4. The molecule has 0 spiro atoms. The molecule has 1 N–H and O–H groups in total. The van der Waals surface area contributed by atoms with E-state index in [4.69, 9.17) is 18.9 Å². The number of carbonyl (C=O) groups excluding carboxylic acids is 1. The molecule has 0 radical (unpaired) electrons. The number of halogens is 1. The minimum absolute atomic E-state index is 0.155. The molecule has 0 aliphatic carbocycles. The first-order valence-electron chi connectivity index (χ1n) is 11.0. The van der Waals surface area contributed by atoms with Gasteiger partial charge in [0.25, 0.3) is 0 Å². The molecular weight excluding hydrogens is 451 g/mol. The van der Waals surface area contributed by atoms with E-state index < -0.39 is 0 Å². The summed E-state index contributed by atoms with van der Waals surface area (Å²) in [4.78, 5) is 12.4. The molecule has 1 aromatic heterocycles. The zero-order valence-electron chi connectivity index (χ0n) is 19.2. The number of hydrogen-bond donors (Lipinski definition) is 1. The van der Waals surface area contributed by atoms with Crippen LogP contribution in [0.4, 0.5) is 4.39 Å². The Morgan fingerprint density at radius 1 is 1.03 bits per heavy atom. The van der Waals surface area contributed by atoms with Gasteiger partial charge in [-0.3, -0.25) is 9.89 Å². The van der Waals surface area contributed by atoms with Crippen LogP contribution in [0.25, 0.3) is 11.3 Å². The van der Waals surface area contributed by atoms with Gasteiger partial charge >= 0.3 is 5.97 Å². The number of ether oxygens (including phenoxy) is 4. The Hall–Kier alpha value is -4.33. The van der Waals surface area contributed by atoms with Gasteiger partial charge in [0.05, 0.1) is 31.9 Å². The van der Waals surface area contributed by atoms with Crippen LogP contribution in [0.2, 0.25) is 0 Å². The van der Waals surface area contributed by atoms with E-state index in [-0.39, 0.29) is 36.6 Å². The van der Waals surface area contributed by atoms with Crippen molar-refractivity contribution in [1.82, 2.24) is 10.2 Å². The first-order valence-corrected chi connectivity index (χ1v) is 11.0. The summed E-state index contributed by atoms with van der Waals surface area (Å²) >= 11 is 0. The summed E-state index contributed by atoms with van der Waals surface area (Å²) in [5.41, 5.74) is 4.02. The first-order chi connectivity index (χ1) is 17.1. The molecule has 2 heterocycles. The summed E-state index contributed by atoms with van der Waals surface area (Å²) in [5.74, 6) is 1.05. The lowest BCUT2D eigenvalue weighted by Crippen LogP contribution is -2.21. The van der Waals surface area contributed by atoms with Gasteiger partial charge in [0.2, 0.25) is 5.88 Å². The van der Waals surface area contributed by atoms with Crippen molar-refractivity contribution in [2.24, 2.45) is 0 Å². The SMILES string of the molecule is COc1ccc(-c2[nH]nc3c2C(c2ccc(OCc4cccc(F)c4)c(OC)c2)CC(=O)O3)cc1. The molecule has 1 aliphatic rings. The smallest absolute Gasteiger partial charge is 0.313 e. The van der Waals surface area contributed by atoms with Crippen molar-refractivity contribution < 1.29 is 28.1 Å². The van der Waals surface area contributed by atoms with Crippen molar-refractivity contribution in [3.05, 3.63) is 89.2 Å². The van der Waals surface area contributed by atoms with Gasteiger partial charge in [-0.1, -0.05) is 18.2 Å². The molecule has 0 bridgehead atoms. The molecule has 35 heavy (non-hydrogen) atoms. The van der Waals surface area contributed by atoms with Crippen LogP contribution in [0.5, 0.6) is 23.1 Å². The molecule has 1 aliphatic heterocycles. The molecule has 0 saturated heterocycles. The zero-order valence-corrected chi connectivity index (χ0v) is 19.2. The van der Waals surface area contributed by atoms with Gasteiger partial charge in [0.1, 0.15) is 18.2 Å². The number of benzene rings is 3. The number of hydrogen-bond acceptors (Lipinski definition) is 6. The van der Waals surface area contributed by atoms with E-state index in [0.717, 1.165) is 28.1 Å². The van der Waals surface area contributed by atoms with Crippen molar-refractivity contribution in [2.75, 3.05) is 14.2 Å². The molecule has 0 fully saturated rings. The number of fused-ring (bicyclic) bond motifs is 1. The van der Waals surface area contributed by atoms with Gasteiger partial charge in [-0.05, 0) is 59.7 Å². The van der Waals surface area contributed by atoms with Gasteiger partial charge in [-0.15, -0.1) is 5.10 Å². The average Bonchev–Trinajstić information content (AvgIpc) is 3.30. The number of H-pyrrole nitrogens is 1. The van der Waals surface area contributed by atoms with E-state index >= 15 is 0 Å². The maximum Gasteiger partial charge on any atom is 0.313 e. The van der Waals surface area contributed by atoms with Crippen LogP contribution < -0.4 is 18.9 Å². The quantitative estimate of drug-likeness (QED) is 0.368. The summed E-state index contributed by atoms with van der Waals surface area (Å²) < 4.78 is 35.6. The topological polar surface area (TPSA) is 82.7 Å². The number of methoxy groups -OCH3 is 2. The number of nitrogens with one attached hydrogen (secondary N) is 1. The third-order valence-electron chi connectivity index (χ3n) is 5.95. The second kappa shape index (κ2) is 9.50. The van der Waals surface area contributed by atoms with Gasteiger partial charge in [0, 0.05) is 11.5 Å². The molecular formula is C27H23FN2O5. The highest BCUT2D eigenvalue weighted by atomic mass is 19.1. The van der Waals surface area contributed by atoms with Crippen molar-refractivity contribution in [3.63, 3.8) is 0 Å². The van der Waals surface area contributed by atoms with Crippen molar-refractivity contribution >= 4 is 5.97 Å².